The first-order chi connectivity index (χ1) is 10.5. The number of anilines is 1. The second-order valence-corrected chi connectivity index (χ2v) is 10.4. The number of piperidine rings is 1. The van der Waals surface area contributed by atoms with Gasteiger partial charge in [0, 0.05) is 31.6 Å². The molecule has 1 aromatic carbocycles. The molecular weight excluding hydrogens is 336 g/mol. The summed E-state index contributed by atoms with van der Waals surface area (Å²) in [6, 6.07) is 4.73. The van der Waals surface area contributed by atoms with Crippen LogP contribution in [0.3, 0.4) is 0 Å². The predicted molar refractivity (Wildman–Crippen MR) is 91.6 cm³/mol. The Bertz CT molecular complexity index is 786. The van der Waals surface area contributed by atoms with Gasteiger partial charge in [-0.15, -0.1) is 0 Å². The van der Waals surface area contributed by atoms with Gasteiger partial charge < -0.3 is 9.80 Å². The van der Waals surface area contributed by atoms with Gasteiger partial charge in [-0.3, -0.25) is 0 Å². The summed E-state index contributed by atoms with van der Waals surface area (Å²) in [6.45, 7) is 1.50. The number of hydrogen-bond acceptors (Lipinski definition) is 6. The third-order valence-electron chi connectivity index (χ3n) is 4.23. The fraction of sp³-hybridized carbons (Fsp3) is 0.600. The quantitative estimate of drug-likeness (QED) is 0.798. The zero-order valence-electron chi connectivity index (χ0n) is 14.0. The lowest BCUT2D eigenvalue weighted by molar-refractivity contribution is 0.257. The lowest BCUT2D eigenvalue weighted by atomic mass is 10.0. The normalized spacial score (nSPS) is 20.0. The van der Waals surface area contributed by atoms with Crippen molar-refractivity contribution in [2.45, 2.75) is 28.7 Å². The predicted octanol–water partition coefficient (Wildman–Crippen LogP) is 1.02. The molecule has 0 radical (unpaired) electrons. The SMILES string of the molecule is CN(C)C1CCCN(c2ccc(S(C)(=O)=O)cc2S(C)(=O)=O)C1. The molecule has 0 bridgehead atoms. The van der Waals surface area contributed by atoms with Gasteiger partial charge in [-0.2, -0.15) is 0 Å². The van der Waals surface area contributed by atoms with Crippen LogP contribution in [-0.2, 0) is 19.7 Å². The summed E-state index contributed by atoms with van der Waals surface area (Å²) in [5, 5.41) is 0. The molecule has 1 fully saturated rings. The molecule has 0 saturated carbocycles. The molecule has 130 valence electrons. The fourth-order valence-corrected chi connectivity index (χ4v) is 4.52. The van der Waals surface area contributed by atoms with Crippen molar-refractivity contribution in [3.63, 3.8) is 0 Å². The zero-order valence-corrected chi connectivity index (χ0v) is 15.6. The summed E-state index contributed by atoms with van der Waals surface area (Å²) in [7, 11) is -2.95. The molecule has 8 heteroatoms. The second kappa shape index (κ2) is 6.41. The van der Waals surface area contributed by atoms with Gasteiger partial charge in [0.25, 0.3) is 0 Å². The van der Waals surface area contributed by atoms with Crippen molar-refractivity contribution in [2.75, 3.05) is 44.6 Å². The van der Waals surface area contributed by atoms with Crippen molar-refractivity contribution in [2.24, 2.45) is 0 Å². The molecule has 1 unspecified atom stereocenters. The van der Waals surface area contributed by atoms with Gasteiger partial charge in [-0.25, -0.2) is 16.8 Å². The molecule has 0 aliphatic carbocycles. The average molecular weight is 361 g/mol. The van der Waals surface area contributed by atoms with Crippen LogP contribution in [0.15, 0.2) is 28.0 Å². The van der Waals surface area contributed by atoms with Crippen LogP contribution in [-0.4, -0.2) is 67.5 Å². The molecular formula is C15H24N2O4S2. The standard InChI is InChI=1S/C15H24N2O4S2/c1-16(2)12-6-5-9-17(11-12)14-8-7-13(22(3,18)19)10-15(14)23(4,20)21/h7-8,10,12H,5-6,9,11H2,1-4H3. The van der Waals surface area contributed by atoms with Crippen molar-refractivity contribution < 1.29 is 16.8 Å². The minimum absolute atomic E-state index is 0.0304. The molecule has 1 aromatic rings. The lowest BCUT2D eigenvalue weighted by Gasteiger charge is -2.38. The van der Waals surface area contributed by atoms with Gasteiger partial charge in [0.1, 0.15) is 0 Å². The van der Waals surface area contributed by atoms with E-state index in [0.717, 1.165) is 38.4 Å². The molecule has 0 aromatic heterocycles. The highest BCUT2D eigenvalue weighted by molar-refractivity contribution is 7.91. The van der Waals surface area contributed by atoms with Crippen molar-refractivity contribution in [1.29, 1.82) is 0 Å². The summed E-state index contributed by atoms with van der Waals surface area (Å²) >= 11 is 0. The van der Waals surface area contributed by atoms with Crippen LogP contribution >= 0.6 is 0 Å². The van der Waals surface area contributed by atoms with Crippen molar-refractivity contribution in [1.82, 2.24) is 4.90 Å². The zero-order chi connectivity index (χ0) is 17.4. The Kier molecular flexibility index (Phi) is 5.08. The molecule has 1 aliphatic rings. The van der Waals surface area contributed by atoms with Crippen LogP contribution in [0.4, 0.5) is 5.69 Å². The van der Waals surface area contributed by atoms with Crippen molar-refractivity contribution >= 4 is 25.4 Å². The molecule has 1 heterocycles. The van der Waals surface area contributed by atoms with E-state index in [9.17, 15) is 16.8 Å². The maximum atomic E-state index is 12.2. The van der Waals surface area contributed by atoms with E-state index in [4.69, 9.17) is 0 Å². The molecule has 0 N–H and O–H groups in total. The Balaban J connectivity index is 2.50. The van der Waals surface area contributed by atoms with Gasteiger partial charge in [0.05, 0.1) is 15.5 Å². The van der Waals surface area contributed by atoms with Crippen LogP contribution in [0.5, 0.6) is 0 Å². The van der Waals surface area contributed by atoms with Gasteiger partial charge in [0.15, 0.2) is 19.7 Å². The lowest BCUT2D eigenvalue weighted by Crippen LogP contribution is -2.45. The molecule has 2 rings (SSSR count). The highest BCUT2D eigenvalue weighted by atomic mass is 32.2. The smallest absolute Gasteiger partial charge is 0.177 e. The number of benzene rings is 1. The van der Waals surface area contributed by atoms with Gasteiger partial charge in [-0.05, 0) is 45.1 Å². The summed E-state index contributed by atoms with van der Waals surface area (Å²) < 4.78 is 47.8. The van der Waals surface area contributed by atoms with E-state index in [0.29, 0.717) is 11.7 Å². The summed E-state index contributed by atoms with van der Waals surface area (Å²) in [4.78, 5) is 4.29. The van der Waals surface area contributed by atoms with Gasteiger partial charge in [0.2, 0.25) is 0 Å². The Labute approximate surface area is 138 Å². The Morgan fingerprint density at radius 3 is 2.26 bits per heavy atom. The highest BCUT2D eigenvalue weighted by Crippen LogP contribution is 2.30. The number of rotatable bonds is 4. The number of nitrogens with zero attached hydrogens (tertiary/aromatic N) is 2. The third-order valence-corrected chi connectivity index (χ3v) is 6.46. The van der Waals surface area contributed by atoms with E-state index >= 15 is 0 Å². The monoisotopic (exact) mass is 360 g/mol. The van der Waals surface area contributed by atoms with Gasteiger partial charge in [-0.1, -0.05) is 0 Å². The van der Waals surface area contributed by atoms with E-state index < -0.39 is 19.7 Å². The van der Waals surface area contributed by atoms with Crippen LogP contribution < -0.4 is 4.90 Å². The fourth-order valence-electron chi connectivity index (χ4n) is 2.88. The minimum Gasteiger partial charge on any atom is -0.369 e. The molecule has 1 aliphatic heterocycles. The molecule has 0 amide bonds. The molecule has 1 atom stereocenters. The first-order valence-corrected chi connectivity index (χ1v) is 11.2. The highest BCUT2D eigenvalue weighted by Gasteiger charge is 2.26. The van der Waals surface area contributed by atoms with E-state index in [1.807, 2.05) is 19.0 Å². The maximum absolute atomic E-state index is 12.2. The third kappa shape index (κ3) is 4.24. The van der Waals surface area contributed by atoms with E-state index in [1.54, 1.807) is 6.07 Å². The van der Waals surface area contributed by atoms with Crippen molar-refractivity contribution in [3.8, 4) is 0 Å². The maximum Gasteiger partial charge on any atom is 0.177 e. The number of sulfone groups is 2. The molecule has 0 spiro atoms. The van der Waals surface area contributed by atoms with E-state index in [1.165, 1.54) is 12.1 Å². The van der Waals surface area contributed by atoms with E-state index in [-0.39, 0.29) is 9.79 Å². The summed E-state index contributed by atoms with van der Waals surface area (Å²) in [6.07, 6.45) is 4.24. The minimum atomic E-state index is -3.52. The van der Waals surface area contributed by atoms with Crippen LogP contribution in [0, 0.1) is 0 Å². The van der Waals surface area contributed by atoms with Gasteiger partial charge >= 0.3 is 0 Å². The van der Waals surface area contributed by atoms with Crippen LogP contribution in [0.25, 0.3) is 0 Å². The van der Waals surface area contributed by atoms with E-state index in [2.05, 4.69) is 4.90 Å². The summed E-state index contributed by atoms with van der Waals surface area (Å²) in [5.74, 6) is 0. The Morgan fingerprint density at radius 2 is 1.74 bits per heavy atom. The number of likely N-dealkylation sites (N-methyl/N-ethyl adjacent to an activating group) is 1. The summed E-state index contributed by atoms with van der Waals surface area (Å²) in [5.41, 5.74) is 0.589. The largest absolute Gasteiger partial charge is 0.369 e. The number of hydrogen-bond donors (Lipinski definition) is 0. The molecule has 1 saturated heterocycles. The topological polar surface area (TPSA) is 74.8 Å². The Hall–Kier alpha value is -1.12. The Morgan fingerprint density at radius 1 is 1.09 bits per heavy atom. The average Bonchev–Trinajstić information content (AvgIpc) is 2.45. The second-order valence-electron chi connectivity index (χ2n) is 6.38. The molecule has 6 nitrogen and oxygen atoms in total. The van der Waals surface area contributed by atoms with Crippen LogP contribution in [0.2, 0.25) is 0 Å². The van der Waals surface area contributed by atoms with Crippen molar-refractivity contribution in [3.05, 3.63) is 18.2 Å². The molecule has 23 heavy (non-hydrogen) atoms. The first kappa shape index (κ1) is 18.2. The first-order valence-electron chi connectivity index (χ1n) is 7.45. The van der Waals surface area contributed by atoms with Crippen LogP contribution in [0.1, 0.15) is 12.8 Å².